The van der Waals surface area contributed by atoms with E-state index in [2.05, 4.69) is 38.6 Å². The molecule has 1 aliphatic rings. The molecule has 1 saturated heterocycles. The zero-order valence-electron chi connectivity index (χ0n) is 21.0. The van der Waals surface area contributed by atoms with Crippen LogP contribution in [0, 0.1) is 11.8 Å². The van der Waals surface area contributed by atoms with E-state index in [0.29, 0.717) is 11.1 Å². The van der Waals surface area contributed by atoms with E-state index in [0.717, 1.165) is 78.9 Å². The molecule has 0 bridgehead atoms. The molecule has 0 atom stereocenters. The number of carboxylic acids is 1. The molecule has 3 aromatic heterocycles. The van der Waals surface area contributed by atoms with Crippen molar-refractivity contribution in [3.8, 4) is 23.0 Å². The van der Waals surface area contributed by atoms with Gasteiger partial charge in [0.25, 0.3) is 0 Å². The fourth-order valence-corrected chi connectivity index (χ4v) is 5.10. The number of aryl methyl sites for hydroxylation is 1. The second-order valence-corrected chi connectivity index (χ2v) is 9.52. The predicted molar refractivity (Wildman–Crippen MR) is 148 cm³/mol. The lowest BCUT2D eigenvalue weighted by atomic mass is 9.93. The first-order chi connectivity index (χ1) is 18.7. The number of carbonyl (C=O) groups is 1. The average Bonchev–Trinajstić information content (AvgIpc) is 3.58. The van der Waals surface area contributed by atoms with Crippen LogP contribution in [0.5, 0.6) is 0 Å². The largest absolute Gasteiger partial charge is 0.478 e. The van der Waals surface area contributed by atoms with Crippen molar-refractivity contribution in [3.05, 3.63) is 89.9 Å². The molecule has 2 N–H and O–H groups in total. The predicted octanol–water partition coefficient (Wildman–Crippen LogP) is 5.00. The Kier molecular flexibility index (Phi) is 6.65. The fourth-order valence-electron chi connectivity index (χ4n) is 5.10. The van der Waals surface area contributed by atoms with Crippen LogP contribution < -0.4 is 0 Å². The van der Waals surface area contributed by atoms with Gasteiger partial charge in [-0.3, -0.25) is 4.90 Å². The van der Waals surface area contributed by atoms with Crippen LogP contribution >= 0.6 is 0 Å². The number of aromatic nitrogens is 3. The van der Waals surface area contributed by atoms with Gasteiger partial charge in [-0.25, -0.2) is 9.78 Å². The zero-order valence-corrected chi connectivity index (χ0v) is 21.0. The average molecular weight is 505 g/mol. The number of nitrogens with zero attached hydrogens (tertiary/aromatic N) is 3. The molecule has 0 radical (unpaired) electrons. The second kappa shape index (κ2) is 10.5. The van der Waals surface area contributed by atoms with Crippen LogP contribution in [0.25, 0.3) is 33.1 Å². The molecule has 7 nitrogen and oxygen atoms in total. The van der Waals surface area contributed by atoms with Crippen molar-refractivity contribution in [2.45, 2.75) is 13.0 Å². The van der Waals surface area contributed by atoms with Gasteiger partial charge in [-0.15, -0.1) is 0 Å². The summed E-state index contributed by atoms with van der Waals surface area (Å²) in [4.78, 5) is 22.4. The third-order valence-electron chi connectivity index (χ3n) is 7.06. The van der Waals surface area contributed by atoms with Gasteiger partial charge in [-0.05, 0) is 53.8 Å². The molecule has 1 fully saturated rings. The lowest BCUT2D eigenvalue weighted by molar-refractivity contribution is 0.0369. The number of fused-ring (bicyclic) bond motifs is 2. The Labute approximate surface area is 220 Å². The summed E-state index contributed by atoms with van der Waals surface area (Å²) in [5.41, 5.74) is 5.00. The van der Waals surface area contributed by atoms with Crippen molar-refractivity contribution in [2.24, 2.45) is 0 Å². The van der Waals surface area contributed by atoms with Crippen molar-refractivity contribution in [2.75, 3.05) is 32.8 Å². The highest BCUT2D eigenvalue weighted by atomic mass is 16.5. The Morgan fingerprint density at radius 2 is 1.92 bits per heavy atom. The number of rotatable bonds is 6. The van der Waals surface area contributed by atoms with Crippen molar-refractivity contribution >= 4 is 27.9 Å². The minimum absolute atomic E-state index is 0.227. The van der Waals surface area contributed by atoms with Gasteiger partial charge in [0, 0.05) is 72.4 Å². The van der Waals surface area contributed by atoms with Gasteiger partial charge >= 0.3 is 5.97 Å². The number of pyridine rings is 1. The molecule has 4 heterocycles. The molecule has 7 heteroatoms. The van der Waals surface area contributed by atoms with Crippen LogP contribution in [-0.4, -0.2) is 63.4 Å². The first kappa shape index (κ1) is 24.0. The molecule has 0 unspecified atom stereocenters. The van der Waals surface area contributed by atoms with Gasteiger partial charge in [-0.1, -0.05) is 30.0 Å². The third-order valence-corrected chi connectivity index (χ3v) is 7.06. The number of benzene rings is 2. The second-order valence-electron chi connectivity index (χ2n) is 9.52. The van der Waals surface area contributed by atoms with Crippen molar-refractivity contribution < 1.29 is 14.6 Å². The van der Waals surface area contributed by atoms with E-state index in [-0.39, 0.29) is 5.56 Å². The van der Waals surface area contributed by atoms with E-state index in [9.17, 15) is 9.90 Å². The maximum atomic E-state index is 12.1. The number of aromatic amines is 1. The van der Waals surface area contributed by atoms with E-state index in [1.807, 2.05) is 42.6 Å². The molecular weight excluding hydrogens is 476 g/mol. The number of ether oxygens (including phenoxy) is 1. The highest BCUT2D eigenvalue weighted by Gasteiger charge is 2.16. The summed E-state index contributed by atoms with van der Waals surface area (Å²) < 4.78 is 7.62. The molecule has 0 aliphatic carbocycles. The summed E-state index contributed by atoms with van der Waals surface area (Å²) in [6.45, 7) is 5.62. The highest BCUT2D eigenvalue weighted by molar-refractivity contribution is 5.99. The summed E-state index contributed by atoms with van der Waals surface area (Å²) in [5.74, 6) is 5.46. The van der Waals surface area contributed by atoms with Gasteiger partial charge in [0.2, 0.25) is 0 Å². The topological polar surface area (TPSA) is 83.4 Å². The van der Waals surface area contributed by atoms with Gasteiger partial charge in [0.1, 0.15) is 5.65 Å². The molecule has 0 spiro atoms. The first-order valence-electron chi connectivity index (χ1n) is 12.9. The Hall–Kier alpha value is -4.38. The summed E-state index contributed by atoms with van der Waals surface area (Å²) in [7, 11) is 0. The summed E-state index contributed by atoms with van der Waals surface area (Å²) in [5, 5.41) is 12.0. The number of H-pyrrole nitrogens is 1. The smallest absolute Gasteiger partial charge is 0.336 e. The normalized spacial score (nSPS) is 14.0. The number of aromatic carboxylic acids is 1. The molecule has 0 saturated carbocycles. The van der Waals surface area contributed by atoms with E-state index in [4.69, 9.17) is 9.72 Å². The Bertz CT molecular complexity index is 1680. The first-order valence-corrected chi connectivity index (χ1v) is 12.9. The van der Waals surface area contributed by atoms with Gasteiger partial charge in [-0.2, -0.15) is 0 Å². The monoisotopic (exact) mass is 504 g/mol. The van der Waals surface area contributed by atoms with Crippen LogP contribution in [0.4, 0.5) is 0 Å². The minimum Gasteiger partial charge on any atom is -0.478 e. The van der Waals surface area contributed by atoms with Crippen molar-refractivity contribution in [3.63, 3.8) is 0 Å². The lowest BCUT2D eigenvalue weighted by Gasteiger charge is -2.26. The number of morpholine rings is 1. The van der Waals surface area contributed by atoms with Crippen molar-refractivity contribution in [1.82, 2.24) is 19.4 Å². The summed E-state index contributed by atoms with van der Waals surface area (Å²) in [6, 6.07) is 17.2. The molecule has 0 amide bonds. The fraction of sp³-hybridized carbons (Fsp3) is 0.226. The van der Waals surface area contributed by atoms with Crippen LogP contribution in [0.1, 0.15) is 27.9 Å². The molecule has 6 rings (SSSR count). The van der Waals surface area contributed by atoms with Crippen molar-refractivity contribution in [1.29, 1.82) is 0 Å². The molecule has 2 aromatic carbocycles. The van der Waals surface area contributed by atoms with Gasteiger partial charge in [0.05, 0.1) is 18.8 Å². The van der Waals surface area contributed by atoms with Crippen LogP contribution in [0.15, 0.2) is 73.2 Å². The van der Waals surface area contributed by atoms with E-state index < -0.39 is 5.97 Å². The van der Waals surface area contributed by atoms with E-state index >= 15 is 0 Å². The number of nitrogens with one attached hydrogen (secondary N) is 1. The van der Waals surface area contributed by atoms with Gasteiger partial charge < -0.3 is 19.4 Å². The van der Waals surface area contributed by atoms with Gasteiger partial charge in [0.15, 0.2) is 0 Å². The highest BCUT2D eigenvalue weighted by Crippen LogP contribution is 2.30. The van der Waals surface area contributed by atoms with Crippen LogP contribution in [-0.2, 0) is 11.3 Å². The molecule has 38 heavy (non-hydrogen) atoms. The zero-order chi connectivity index (χ0) is 25.9. The number of hydrogen-bond acceptors (Lipinski definition) is 4. The molecular formula is C31H28N4O3. The Morgan fingerprint density at radius 1 is 1.03 bits per heavy atom. The minimum atomic E-state index is -0.978. The molecule has 5 aromatic rings. The number of hydrogen-bond donors (Lipinski definition) is 2. The molecule has 190 valence electrons. The maximum Gasteiger partial charge on any atom is 0.336 e. The Balaban J connectivity index is 1.26. The van der Waals surface area contributed by atoms with E-state index in [1.54, 1.807) is 18.3 Å². The van der Waals surface area contributed by atoms with Crippen LogP contribution in [0.3, 0.4) is 0 Å². The quantitative estimate of drug-likeness (QED) is 0.318. The SMILES string of the molecule is O=C(O)c1cccc(C#Cc2cnc3c(ccn3CCCN3CCOCC3)c2)c1-c1ccc2cc[nH]c2c1. The van der Waals surface area contributed by atoms with E-state index in [1.165, 1.54) is 0 Å². The molecule has 1 aliphatic heterocycles. The standard InChI is InChI=1S/C31H28N4O3/c36-31(37)27-4-1-3-24(29(27)25-8-7-23-9-11-32-28(23)20-25)6-5-22-19-26-10-14-35(30(26)33-21-22)13-2-12-34-15-17-38-18-16-34/h1,3-4,7-11,14,19-21,32H,2,12-13,15-18H2,(H,36,37). The number of carboxylic acid groups (broad SMARTS) is 1. The summed E-state index contributed by atoms with van der Waals surface area (Å²) in [6.07, 6.45) is 6.81. The third kappa shape index (κ3) is 4.92. The summed E-state index contributed by atoms with van der Waals surface area (Å²) >= 11 is 0. The maximum absolute atomic E-state index is 12.1. The Morgan fingerprint density at radius 3 is 2.79 bits per heavy atom. The lowest BCUT2D eigenvalue weighted by Crippen LogP contribution is -2.37. The van der Waals surface area contributed by atoms with Crippen LogP contribution in [0.2, 0.25) is 0 Å².